The Kier molecular flexibility index (Phi) is 23.2. The Morgan fingerprint density at radius 2 is 0.326 bits per heavy atom. The van der Waals surface area contributed by atoms with E-state index in [1.165, 1.54) is 63.6 Å². The van der Waals surface area contributed by atoms with E-state index in [0.717, 1.165) is 13.8 Å². The monoisotopic (exact) mass is 1290 g/mol. The molecule has 0 aliphatic carbocycles. The first-order valence-electron chi connectivity index (χ1n) is 27.4. The van der Waals surface area contributed by atoms with Crippen LogP contribution >= 0.6 is 23.5 Å². The summed E-state index contributed by atoms with van der Waals surface area (Å²) < 4.78 is 123. The van der Waals surface area contributed by atoms with E-state index in [4.69, 9.17) is 0 Å². The summed E-state index contributed by atoms with van der Waals surface area (Å²) in [7, 11) is -0.324. The SMILES string of the molecule is Cc1c(F)c(F)c(F)c(F)c1F.Cc1c(F)c(F)c(F)c(F)c1F.c1ccc(Sc2ccc([S+](c3ccccc3)c3ccccc3)cc2)cc1.c1ccc([S+](c2ccccc2)c2ccc(Sc3ccc([S+](c4ccccc4)c4ccccc4)cc3)cc2)cc1. The van der Waals surface area contributed by atoms with Crippen LogP contribution < -0.4 is 0 Å². The van der Waals surface area contributed by atoms with Crippen LogP contribution in [0, 0.1) is 72.0 Å². The largest absolute Gasteiger partial charge is 0.203 e. The molecule has 0 amide bonds. The second-order valence-electron chi connectivity index (χ2n) is 19.1. The van der Waals surface area contributed by atoms with Gasteiger partial charge in [-0.2, -0.15) is 0 Å². The van der Waals surface area contributed by atoms with E-state index < -0.39 is 69.3 Å². The van der Waals surface area contributed by atoms with E-state index in [9.17, 15) is 43.9 Å². The Morgan fingerprint density at radius 1 is 0.180 bits per heavy atom. The molecule has 0 radical (unpaired) electrons. The van der Waals surface area contributed by atoms with E-state index in [-0.39, 0.29) is 32.7 Å². The van der Waals surface area contributed by atoms with Gasteiger partial charge in [-0.1, -0.05) is 151 Å². The molecule has 12 rings (SSSR count). The van der Waals surface area contributed by atoms with Crippen LogP contribution in [0.25, 0.3) is 0 Å². The normalized spacial score (nSPS) is 10.9. The predicted octanol–water partition coefficient (Wildman–Crippen LogP) is 22.3. The van der Waals surface area contributed by atoms with Crippen molar-refractivity contribution in [3.05, 3.63) is 354 Å². The van der Waals surface area contributed by atoms with Gasteiger partial charge in [0.1, 0.15) is 0 Å². The molecule has 12 aromatic carbocycles. The predicted molar refractivity (Wildman–Crippen MR) is 341 cm³/mol. The second kappa shape index (κ2) is 31.7. The van der Waals surface area contributed by atoms with Gasteiger partial charge in [0.25, 0.3) is 0 Å². The van der Waals surface area contributed by atoms with Crippen molar-refractivity contribution in [3.63, 3.8) is 0 Å². The fourth-order valence-electron chi connectivity index (χ4n) is 8.69. The zero-order valence-corrected chi connectivity index (χ0v) is 51.5. The molecule has 0 aromatic heterocycles. The highest BCUT2D eigenvalue weighted by Crippen LogP contribution is 2.38. The lowest BCUT2D eigenvalue weighted by molar-refractivity contribution is 0.373. The maximum absolute atomic E-state index is 12.4. The third-order valence-corrected chi connectivity index (χ3v) is 21.8. The van der Waals surface area contributed by atoms with Crippen molar-refractivity contribution in [1.82, 2.24) is 0 Å². The molecule has 0 saturated carbocycles. The first-order chi connectivity index (χ1) is 43.2. The Labute approximate surface area is 528 Å². The summed E-state index contributed by atoms with van der Waals surface area (Å²) in [4.78, 5) is 17.1. The van der Waals surface area contributed by atoms with E-state index >= 15 is 0 Å². The Hall–Kier alpha value is -8.31. The molecule has 89 heavy (non-hydrogen) atoms. The van der Waals surface area contributed by atoms with Crippen molar-refractivity contribution in [1.29, 1.82) is 0 Å². The highest BCUT2D eigenvalue weighted by molar-refractivity contribution is 8.00. The van der Waals surface area contributed by atoms with Crippen molar-refractivity contribution >= 4 is 56.2 Å². The minimum atomic E-state index is -2.13. The van der Waals surface area contributed by atoms with Gasteiger partial charge in [0.2, 0.25) is 11.6 Å². The van der Waals surface area contributed by atoms with Crippen LogP contribution in [0.15, 0.2) is 349 Å². The van der Waals surface area contributed by atoms with Gasteiger partial charge in [0.05, 0.1) is 32.7 Å². The summed E-state index contributed by atoms with van der Waals surface area (Å²) in [6, 6.07) is 103. The van der Waals surface area contributed by atoms with Gasteiger partial charge >= 0.3 is 0 Å². The molecule has 0 aliphatic rings. The summed E-state index contributed by atoms with van der Waals surface area (Å²) in [5, 5.41) is 0. The third-order valence-electron chi connectivity index (χ3n) is 13.1. The quantitative estimate of drug-likeness (QED) is 0.0488. The van der Waals surface area contributed by atoms with Crippen LogP contribution in [0.1, 0.15) is 11.1 Å². The summed E-state index contributed by atoms with van der Waals surface area (Å²) in [5.74, 6) is -19.0. The van der Waals surface area contributed by atoms with Crippen molar-refractivity contribution in [2.75, 3.05) is 0 Å². The molecule has 12 aromatic rings. The van der Waals surface area contributed by atoms with Gasteiger partial charge in [-0.3, -0.25) is 0 Å². The Morgan fingerprint density at radius 3 is 0.517 bits per heavy atom. The highest BCUT2D eigenvalue weighted by atomic mass is 32.2. The number of halogens is 10. The minimum Gasteiger partial charge on any atom is -0.203 e. The Balaban J connectivity index is 0.000000160. The maximum Gasteiger partial charge on any atom is 0.200 e. The lowest BCUT2D eigenvalue weighted by Gasteiger charge is -2.10. The van der Waals surface area contributed by atoms with Gasteiger partial charge in [-0.05, 0) is 172 Å². The molecule has 0 atom stereocenters. The molecule has 0 unspecified atom stereocenters. The van der Waals surface area contributed by atoms with Crippen LogP contribution in [0.3, 0.4) is 0 Å². The summed E-state index contributed by atoms with van der Waals surface area (Å²) in [5.41, 5.74) is -1.74. The van der Waals surface area contributed by atoms with Crippen molar-refractivity contribution in [2.24, 2.45) is 0 Å². The molecule has 0 spiro atoms. The number of benzene rings is 12. The second-order valence-corrected chi connectivity index (χ2v) is 27.5. The fourth-order valence-corrected chi connectivity index (χ4v) is 16.6. The van der Waals surface area contributed by atoms with E-state index in [2.05, 4.69) is 285 Å². The summed E-state index contributed by atoms with van der Waals surface area (Å²) in [6.07, 6.45) is 0. The molecular formula is C74H53F10S5+3. The van der Waals surface area contributed by atoms with Crippen LogP contribution in [-0.4, -0.2) is 0 Å². The van der Waals surface area contributed by atoms with Gasteiger partial charge in [-0.15, -0.1) is 0 Å². The van der Waals surface area contributed by atoms with E-state index in [1.54, 1.807) is 11.8 Å². The highest BCUT2D eigenvalue weighted by Gasteiger charge is 2.31. The van der Waals surface area contributed by atoms with Crippen molar-refractivity contribution in [3.8, 4) is 0 Å². The summed E-state index contributed by atoms with van der Waals surface area (Å²) in [6.45, 7) is 1.63. The molecule has 0 bridgehead atoms. The molecule has 0 heterocycles. The fraction of sp³-hybridized carbons (Fsp3) is 0.0270. The first kappa shape index (κ1) is 65.1. The average molecular weight is 1290 g/mol. The molecule has 0 nitrogen and oxygen atoms in total. The van der Waals surface area contributed by atoms with Crippen LogP contribution in [0.2, 0.25) is 0 Å². The number of hydrogen-bond acceptors (Lipinski definition) is 2. The smallest absolute Gasteiger partial charge is 0.200 e. The molecule has 15 heteroatoms. The molecule has 0 saturated heterocycles. The molecule has 0 fully saturated rings. The van der Waals surface area contributed by atoms with Gasteiger partial charge in [0.15, 0.2) is 90.6 Å². The van der Waals surface area contributed by atoms with Crippen LogP contribution in [-0.2, 0) is 32.7 Å². The zero-order chi connectivity index (χ0) is 62.8. The topological polar surface area (TPSA) is 0 Å². The van der Waals surface area contributed by atoms with Gasteiger partial charge < -0.3 is 0 Å². The number of rotatable bonds is 13. The third kappa shape index (κ3) is 16.7. The first-order valence-corrected chi connectivity index (χ1v) is 32.7. The molecule has 446 valence electrons. The zero-order valence-electron chi connectivity index (χ0n) is 47.5. The molecular weight excluding hydrogens is 1240 g/mol. The molecule has 0 N–H and O–H groups in total. The number of hydrogen-bond donors (Lipinski definition) is 0. The summed E-state index contributed by atoms with van der Waals surface area (Å²) >= 11 is 3.62. The lowest BCUT2D eigenvalue weighted by atomic mass is 10.2. The maximum atomic E-state index is 12.4. The van der Waals surface area contributed by atoms with Crippen molar-refractivity contribution < 1.29 is 43.9 Å². The Bertz CT molecular complexity index is 3660. The van der Waals surface area contributed by atoms with Crippen LogP contribution in [0.4, 0.5) is 43.9 Å². The van der Waals surface area contributed by atoms with Gasteiger partial charge in [0, 0.05) is 30.7 Å². The average Bonchev–Trinajstić information content (AvgIpc) is 2.73. The lowest BCUT2D eigenvalue weighted by Crippen LogP contribution is -2.04. The van der Waals surface area contributed by atoms with Crippen molar-refractivity contribution in [2.45, 2.75) is 77.5 Å². The van der Waals surface area contributed by atoms with Crippen LogP contribution in [0.5, 0.6) is 0 Å². The van der Waals surface area contributed by atoms with Gasteiger partial charge in [-0.25, -0.2) is 43.9 Å². The standard InChI is InChI=1S/C36H28S3.C24H19S2.2C7H3F5/c1-5-13-31(14-6-1)38(32-15-7-2-8-16-32)35-25-21-29(22-26-35)37-30-23-27-36(28-24-30)39(33-17-9-3-10-18-33)34-19-11-4-12-20-34;1-4-10-20(11-5-1)25-21-16-18-24(19-17-21)26(22-12-6-2-7-13-22)23-14-8-3-9-15-23;2*1-2-3(8)5(10)7(12)6(11)4(2)9/h1-28H;1-19H;2*1H3/q+2;+1;;. The molecule has 0 aliphatic heterocycles. The minimum absolute atomic E-state index is 0.0786. The van der Waals surface area contributed by atoms with E-state index in [1.807, 2.05) is 11.8 Å². The van der Waals surface area contributed by atoms with E-state index in [0.29, 0.717) is 0 Å².